The number of nitrogens with one attached hydrogen (secondary N) is 1. The first kappa shape index (κ1) is 18.7. The van der Waals surface area contributed by atoms with Gasteiger partial charge in [0, 0.05) is 16.6 Å². The van der Waals surface area contributed by atoms with E-state index in [1.807, 2.05) is 91.0 Å². The van der Waals surface area contributed by atoms with Crippen LogP contribution >= 0.6 is 0 Å². The van der Waals surface area contributed by atoms with Crippen LogP contribution in [0.4, 0.5) is 11.4 Å². The number of phenols is 1. The van der Waals surface area contributed by atoms with Gasteiger partial charge in [0.25, 0.3) is 5.91 Å². The highest BCUT2D eigenvalue weighted by molar-refractivity contribution is 6.14. The largest absolute Gasteiger partial charge is 0.507 e. The molecule has 0 aliphatic rings. The Labute approximate surface area is 179 Å². The number of fused-ring (bicyclic) bond motifs is 2. The highest BCUT2D eigenvalue weighted by atomic mass is 16.3. The summed E-state index contributed by atoms with van der Waals surface area (Å²) in [6.45, 7) is 0. The molecule has 4 N–H and O–H groups in total. The van der Waals surface area contributed by atoms with Gasteiger partial charge < -0.3 is 16.2 Å². The van der Waals surface area contributed by atoms with Gasteiger partial charge in [-0.1, -0.05) is 72.8 Å². The Balaban J connectivity index is 1.77. The topological polar surface area (TPSA) is 75.4 Å². The maximum absolute atomic E-state index is 12.3. The third kappa shape index (κ3) is 3.34. The number of primary amides is 1. The van der Waals surface area contributed by atoms with Crippen LogP contribution in [0.1, 0.15) is 10.4 Å². The Morgan fingerprint density at radius 1 is 0.742 bits per heavy atom. The number of carbonyl (C=O) groups excluding carboxylic acids is 1. The van der Waals surface area contributed by atoms with Crippen LogP contribution in [0, 0.1) is 0 Å². The molecule has 0 aliphatic heterocycles. The number of anilines is 2. The van der Waals surface area contributed by atoms with E-state index >= 15 is 0 Å². The van der Waals surface area contributed by atoms with Crippen molar-refractivity contribution >= 4 is 38.8 Å². The minimum absolute atomic E-state index is 0.0747. The second kappa shape index (κ2) is 7.50. The van der Waals surface area contributed by atoms with Crippen LogP contribution in [0.25, 0.3) is 32.7 Å². The molecule has 5 aromatic carbocycles. The first-order valence-electron chi connectivity index (χ1n) is 10.0. The molecule has 0 saturated heterocycles. The average molecular weight is 404 g/mol. The van der Waals surface area contributed by atoms with E-state index in [-0.39, 0.29) is 11.3 Å². The van der Waals surface area contributed by atoms with E-state index in [1.165, 1.54) is 0 Å². The predicted octanol–water partition coefficient (Wildman–Crippen LogP) is 6.21. The lowest BCUT2D eigenvalue weighted by Crippen LogP contribution is -2.14. The number of hydrogen-bond donors (Lipinski definition) is 3. The molecule has 0 bridgehead atoms. The Bertz CT molecular complexity index is 1440. The summed E-state index contributed by atoms with van der Waals surface area (Å²) < 4.78 is 0. The SMILES string of the molecule is NC(=O)c1c(O)cc2cc3ccccc3cc2c1Nc1ccccc1-c1ccccc1. The van der Waals surface area contributed by atoms with Gasteiger partial charge in [0.2, 0.25) is 0 Å². The monoisotopic (exact) mass is 404 g/mol. The van der Waals surface area contributed by atoms with Crippen LogP contribution in [0.15, 0.2) is 97.1 Å². The Morgan fingerprint density at radius 3 is 2.13 bits per heavy atom. The van der Waals surface area contributed by atoms with Gasteiger partial charge in [-0.3, -0.25) is 4.79 Å². The quantitative estimate of drug-likeness (QED) is 0.312. The van der Waals surface area contributed by atoms with E-state index in [0.29, 0.717) is 5.69 Å². The molecule has 0 fully saturated rings. The molecule has 150 valence electrons. The zero-order valence-corrected chi connectivity index (χ0v) is 16.7. The van der Waals surface area contributed by atoms with Crippen molar-refractivity contribution in [3.63, 3.8) is 0 Å². The summed E-state index contributed by atoms with van der Waals surface area (Å²) in [4.78, 5) is 12.3. The van der Waals surface area contributed by atoms with E-state index in [4.69, 9.17) is 5.73 Å². The molecule has 0 spiro atoms. The van der Waals surface area contributed by atoms with E-state index < -0.39 is 5.91 Å². The molecule has 0 heterocycles. The van der Waals surface area contributed by atoms with Gasteiger partial charge in [-0.25, -0.2) is 0 Å². The van der Waals surface area contributed by atoms with E-state index in [1.54, 1.807) is 6.07 Å². The van der Waals surface area contributed by atoms with Gasteiger partial charge in [-0.2, -0.15) is 0 Å². The van der Waals surface area contributed by atoms with Crippen LogP contribution in [-0.4, -0.2) is 11.0 Å². The summed E-state index contributed by atoms with van der Waals surface area (Å²) in [5.41, 5.74) is 9.10. The summed E-state index contributed by atoms with van der Waals surface area (Å²) in [7, 11) is 0. The Hall–Kier alpha value is -4.31. The summed E-state index contributed by atoms with van der Waals surface area (Å²) >= 11 is 0. The first-order valence-corrected chi connectivity index (χ1v) is 10.0. The van der Waals surface area contributed by atoms with Gasteiger partial charge in [-0.15, -0.1) is 0 Å². The van der Waals surface area contributed by atoms with Gasteiger partial charge in [0.15, 0.2) is 0 Å². The third-order valence-electron chi connectivity index (χ3n) is 5.50. The molecule has 4 nitrogen and oxygen atoms in total. The van der Waals surface area contributed by atoms with Crippen molar-refractivity contribution in [1.82, 2.24) is 0 Å². The maximum Gasteiger partial charge on any atom is 0.254 e. The smallest absolute Gasteiger partial charge is 0.254 e. The predicted molar refractivity (Wildman–Crippen MR) is 127 cm³/mol. The second-order valence-corrected chi connectivity index (χ2v) is 7.47. The Morgan fingerprint density at radius 2 is 1.39 bits per heavy atom. The van der Waals surface area contributed by atoms with E-state index in [9.17, 15) is 9.90 Å². The molecule has 0 aliphatic carbocycles. The minimum Gasteiger partial charge on any atom is -0.507 e. The molecular formula is C27H20N2O2. The van der Waals surface area contributed by atoms with Crippen molar-refractivity contribution < 1.29 is 9.90 Å². The van der Waals surface area contributed by atoms with Gasteiger partial charge in [-0.05, 0) is 46.0 Å². The standard InChI is InChI=1S/C27H20N2O2/c28-27(31)25-24(30)16-20-14-18-10-4-5-11-19(18)15-22(20)26(25)29-23-13-7-6-12-21(23)17-8-2-1-3-9-17/h1-16,29-30H,(H2,28,31). The number of rotatable bonds is 4. The number of amides is 1. The molecule has 0 unspecified atom stereocenters. The lowest BCUT2D eigenvalue weighted by atomic mass is 9.97. The fraction of sp³-hybridized carbons (Fsp3) is 0. The third-order valence-corrected chi connectivity index (χ3v) is 5.50. The summed E-state index contributed by atoms with van der Waals surface area (Å²) in [5.74, 6) is -0.831. The van der Waals surface area contributed by atoms with Gasteiger partial charge in [0.1, 0.15) is 11.3 Å². The lowest BCUT2D eigenvalue weighted by molar-refractivity contribution is 0.0998. The first-order chi connectivity index (χ1) is 15.1. The minimum atomic E-state index is -0.688. The molecule has 5 rings (SSSR count). The number of benzene rings is 5. The molecule has 0 aromatic heterocycles. The van der Waals surface area contributed by atoms with Crippen molar-refractivity contribution in [2.45, 2.75) is 0 Å². The highest BCUT2D eigenvalue weighted by Gasteiger charge is 2.19. The number of carbonyl (C=O) groups is 1. The van der Waals surface area contributed by atoms with Crippen LogP contribution in [0.3, 0.4) is 0 Å². The molecule has 4 heteroatoms. The molecule has 1 amide bonds. The fourth-order valence-corrected chi connectivity index (χ4v) is 4.05. The lowest BCUT2D eigenvalue weighted by Gasteiger charge is -2.18. The van der Waals surface area contributed by atoms with Crippen LogP contribution in [0.2, 0.25) is 0 Å². The normalized spacial score (nSPS) is 11.0. The molecule has 0 saturated carbocycles. The van der Waals surface area contributed by atoms with Gasteiger partial charge >= 0.3 is 0 Å². The summed E-state index contributed by atoms with van der Waals surface area (Å²) in [6.07, 6.45) is 0. The average Bonchev–Trinajstić information content (AvgIpc) is 2.78. The van der Waals surface area contributed by atoms with Crippen molar-refractivity contribution in [2.24, 2.45) is 5.73 Å². The molecule has 0 radical (unpaired) electrons. The number of hydrogen-bond acceptors (Lipinski definition) is 3. The fourth-order valence-electron chi connectivity index (χ4n) is 4.05. The highest BCUT2D eigenvalue weighted by Crippen LogP contribution is 2.40. The van der Waals surface area contributed by atoms with Crippen LogP contribution in [0.5, 0.6) is 5.75 Å². The van der Waals surface area contributed by atoms with Crippen molar-refractivity contribution in [3.05, 3.63) is 103 Å². The van der Waals surface area contributed by atoms with Crippen molar-refractivity contribution in [3.8, 4) is 16.9 Å². The number of aromatic hydroxyl groups is 1. The van der Waals surface area contributed by atoms with Crippen LogP contribution < -0.4 is 11.1 Å². The zero-order chi connectivity index (χ0) is 21.4. The summed E-state index contributed by atoms with van der Waals surface area (Å²) in [5, 5.41) is 17.8. The maximum atomic E-state index is 12.3. The number of nitrogens with two attached hydrogens (primary N) is 1. The van der Waals surface area contributed by atoms with Gasteiger partial charge in [0.05, 0.1) is 5.69 Å². The Kier molecular flexibility index (Phi) is 4.53. The van der Waals surface area contributed by atoms with Crippen LogP contribution in [-0.2, 0) is 0 Å². The molecular weight excluding hydrogens is 384 g/mol. The molecule has 0 atom stereocenters. The van der Waals surface area contributed by atoms with Crippen molar-refractivity contribution in [2.75, 3.05) is 5.32 Å². The zero-order valence-electron chi connectivity index (χ0n) is 16.7. The van der Waals surface area contributed by atoms with E-state index in [2.05, 4.69) is 5.32 Å². The molecule has 5 aromatic rings. The second-order valence-electron chi connectivity index (χ2n) is 7.47. The molecule has 31 heavy (non-hydrogen) atoms. The summed E-state index contributed by atoms with van der Waals surface area (Å²) in [6, 6.07) is 31.5. The van der Waals surface area contributed by atoms with Crippen molar-refractivity contribution in [1.29, 1.82) is 0 Å². The number of para-hydroxylation sites is 1. The van der Waals surface area contributed by atoms with E-state index in [0.717, 1.165) is 38.4 Å².